The highest BCUT2D eigenvalue weighted by Gasteiger charge is 2.28. The molecule has 10 aromatic rings. The summed E-state index contributed by atoms with van der Waals surface area (Å²) in [7, 11) is -19.8. The molecule has 4 aromatic carbocycles. The van der Waals surface area contributed by atoms with Gasteiger partial charge in [0.25, 0.3) is 10.0 Å². The first-order chi connectivity index (χ1) is 44.9. The minimum Gasteiger partial charge on any atom is -0.799 e. The van der Waals surface area contributed by atoms with Gasteiger partial charge < -0.3 is 71.1 Å². The number of benzene rings is 4. The van der Waals surface area contributed by atoms with Crippen LogP contribution in [-0.4, -0.2) is 143 Å². The highest BCUT2D eigenvalue weighted by Crippen LogP contribution is 2.37. The number of nitrogens with two attached hydrogens (primary N) is 1. The van der Waals surface area contributed by atoms with E-state index >= 15 is 0 Å². The third-order valence-electron chi connectivity index (χ3n) is 14.2. The van der Waals surface area contributed by atoms with Crippen LogP contribution in [0.1, 0.15) is 24.7 Å². The van der Waals surface area contributed by atoms with Crippen LogP contribution in [0.15, 0.2) is 193 Å². The predicted octanol–water partition coefficient (Wildman–Crippen LogP) is 3.48. The van der Waals surface area contributed by atoms with E-state index in [0.717, 1.165) is 67.4 Å². The molecule has 29 nitrogen and oxygen atoms in total. The van der Waals surface area contributed by atoms with Gasteiger partial charge in [0.1, 0.15) is 21.4 Å². The molecule has 0 aliphatic rings. The van der Waals surface area contributed by atoms with Crippen molar-refractivity contribution in [2.75, 3.05) is 56.8 Å². The van der Waals surface area contributed by atoms with Gasteiger partial charge in [0.05, 0.1) is 91.3 Å². The van der Waals surface area contributed by atoms with Crippen molar-refractivity contribution in [3.05, 3.63) is 194 Å². The van der Waals surface area contributed by atoms with Crippen molar-refractivity contribution in [3.63, 3.8) is 0 Å². The van der Waals surface area contributed by atoms with Crippen molar-refractivity contribution in [1.29, 1.82) is 0 Å². The Labute approximate surface area is 540 Å². The zero-order chi connectivity index (χ0) is 68.2. The number of sulfonamides is 2. The van der Waals surface area contributed by atoms with Crippen LogP contribution in [0.3, 0.4) is 0 Å². The summed E-state index contributed by atoms with van der Waals surface area (Å²) in [6.07, 6.45) is 8.60. The van der Waals surface area contributed by atoms with Crippen LogP contribution < -0.4 is 35.1 Å². The van der Waals surface area contributed by atoms with Gasteiger partial charge in [-0.25, -0.2) is 41.3 Å². The van der Waals surface area contributed by atoms with E-state index in [1.807, 2.05) is 134 Å². The van der Waals surface area contributed by atoms with Gasteiger partial charge in [-0.05, 0) is 77.2 Å². The average molecular weight is 1360 g/mol. The summed E-state index contributed by atoms with van der Waals surface area (Å²) in [6.45, 7) is 1.33. The van der Waals surface area contributed by atoms with Crippen LogP contribution >= 0.6 is 15.5 Å². The van der Waals surface area contributed by atoms with Gasteiger partial charge in [0, 0.05) is 68.0 Å². The summed E-state index contributed by atoms with van der Waals surface area (Å²) >= 11 is 0. The van der Waals surface area contributed by atoms with E-state index in [1.54, 1.807) is 18.5 Å². The first kappa shape index (κ1) is 73.0. The average Bonchev–Trinajstić information content (AvgIpc) is 0.800. The number of aliphatic hydroxyl groups is 6. The Bertz CT molecular complexity index is 4140. The molecule has 0 unspecified atom stereocenters. The molecule has 0 aliphatic heterocycles. The smallest absolute Gasteiger partial charge is 0.414 e. The highest BCUT2D eigenvalue weighted by molar-refractivity contribution is 7.94. The lowest BCUT2D eigenvalue weighted by atomic mass is 9.88. The van der Waals surface area contributed by atoms with Crippen LogP contribution in [0.2, 0.25) is 0 Å². The lowest BCUT2D eigenvalue weighted by Crippen LogP contribution is -2.41. The molecule has 0 fully saturated rings. The van der Waals surface area contributed by atoms with Gasteiger partial charge in [0.2, 0.25) is 10.0 Å². The second kappa shape index (κ2) is 33.1. The van der Waals surface area contributed by atoms with Crippen molar-refractivity contribution in [2.45, 2.75) is 36.2 Å². The van der Waals surface area contributed by atoms with E-state index in [4.69, 9.17) is 51.1 Å². The molecule has 496 valence electrons. The Kier molecular flexibility index (Phi) is 25.7. The number of hydrogen-bond acceptors (Lipinski definition) is 25. The number of nitrogens with zero attached hydrogens (tertiary/aromatic N) is 8. The number of fused-ring (bicyclic) bond motifs is 2. The fraction of sp³-hybridized carbons (Fsp3) is 0.213. The maximum absolute atomic E-state index is 12.5. The predicted molar refractivity (Wildman–Crippen MR) is 347 cm³/mol. The SMILES string of the molecule is CCC(CO)(CO)CO.NCC(CO)(CO)CO.O=P(O)(O)NS(=O)(=O)c1cncc(-c2nc(NCc3ccccn3)c3c(-c4ccccc4)cccc3n2)c1.O=P([O-])([O-])NS(=O)(=O)c1cncc(-c2nc(NCc3ccccn3)c3c(-c4ccccc4)cccc3n2)c1. The van der Waals surface area contributed by atoms with E-state index in [1.165, 1.54) is 23.0 Å². The van der Waals surface area contributed by atoms with Crippen LogP contribution in [0.25, 0.3) is 66.8 Å². The molecule has 6 aromatic heterocycles. The lowest BCUT2D eigenvalue weighted by Gasteiger charge is -2.29. The molecule has 0 radical (unpaired) electrons. The van der Waals surface area contributed by atoms with E-state index < -0.39 is 56.2 Å². The second-order valence-corrected chi connectivity index (χ2v) is 27.3. The number of hydrogen-bond donors (Lipinski definition) is 13. The number of aromatic nitrogens is 8. The van der Waals surface area contributed by atoms with Crippen LogP contribution in [-0.2, 0) is 42.3 Å². The van der Waals surface area contributed by atoms with Gasteiger partial charge in [-0.3, -0.25) is 19.9 Å². The van der Waals surface area contributed by atoms with Crippen molar-refractivity contribution in [2.24, 2.45) is 16.6 Å². The summed E-state index contributed by atoms with van der Waals surface area (Å²) in [4.78, 5) is 74.5. The summed E-state index contributed by atoms with van der Waals surface area (Å²) in [6, 6.07) is 44.3. The summed E-state index contributed by atoms with van der Waals surface area (Å²) in [5, 5.41) is 59.9. The van der Waals surface area contributed by atoms with Gasteiger partial charge in [-0.15, -0.1) is 4.49 Å². The lowest BCUT2D eigenvalue weighted by molar-refractivity contribution is -0.315. The first-order valence-corrected chi connectivity index (χ1v) is 34.4. The normalized spacial score (nSPS) is 12.0. The third-order valence-corrected chi connectivity index (χ3v) is 19.6. The minimum absolute atomic E-state index is 0.0938. The highest BCUT2D eigenvalue weighted by atomic mass is 32.2. The number of anilines is 2. The van der Waals surface area contributed by atoms with E-state index in [9.17, 15) is 35.8 Å². The van der Waals surface area contributed by atoms with Crippen molar-refractivity contribution in [3.8, 4) is 45.0 Å². The molecule has 33 heteroatoms. The summed E-state index contributed by atoms with van der Waals surface area (Å²) in [5.74, 6) is 1.29. The molecular weight excluding hydrogens is 1300 g/mol. The van der Waals surface area contributed by atoms with Gasteiger partial charge in [-0.2, -0.15) is 4.49 Å². The minimum atomic E-state index is -5.57. The monoisotopic (exact) mass is 1360 g/mol. The third kappa shape index (κ3) is 19.8. The van der Waals surface area contributed by atoms with Crippen LogP contribution in [0.5, 0.6) is 0 Å². The van der Waals surface area contributed by atoms with Crippen LogP contribution in [0.4, 0.5) is 11.6 Å². The van der Waals surface area contributed by atoms with Crippen molar-refractivity contribution < 1.29 is 76.2 Å². The number of pyridine rings is 4. The number of rotatable bonds is 24. The van der Waals surface area contributed by atoms with Gasteiger partial charge >= 0.3 is 7.75 Å². The van der Waals surface area contributed by atoms with Crippen molar-refractivity contribution in [1.82, 2.24) is 48.9 Å². The van der Waals surface area contributed by atoms with Gasteiger partial charge in [0.15, 0.2) is 11.6 Å². The topological polar surface area (TPSA) is 488 Å². The Morgan fingerprint density at radius 2 is 0.883 bits per heavy atom. The van der Waals surface area contributed by atoms with E-state index in [-0.39, 0.29) is 69.0 Å². The first-order valence-electron chi connectivity index (χ1n) is 28.3. The van der Waals surface area contributed by atoms with Gasteiger partial charge in [-0.1, -0.05) is 104 Å². The molecule has 94 heavy (non-hydrogen) atoms. The quantitative estimate of drug-likeness (QED) is 0.0385. The summed E-state index contributed by atoms with van der Waals surface area (Å²) in [5.41, 5.74) is 10.5. The zero-order valence-electron chi connectivity index (χ0n) is 50.1. The van der Waals surface area contributed by atoms with E-state index in [2.05, 4.69) is 45.5 Å². The molecule has 0 atom stereocenters. The molecule has 0 saturated carbocycles. The Morgan fingerprint density at radius 3 is 1.20 bits per heavy atom. The second-order valence-electron chi connectivity index (χ2n) is 20.8. The number of nitrogens with one attached hydrogen (secondary N) is 4. The number of aliphatic hydroxyl groups excluding tert-OH is 6. The maximum Gasteiger partial charge on any atom is 0.414 e. The molecule has 0 spiro atoms. The Balaban J connectivity index is 0.000000211. The largest absolute Gasteiger partial charge is 0.799 e. The fourth-order valence-corrected chi connectivity index (χ4v) is 12.8. The molecule has 0 bridgehead atoms. The standard InChI is InChI=1S/2C25H21N6O5PS.C6H14O3.C5H13NO3/c2*32-37(33,34)31-38(35,36)20-13-18(14-26-16-20)24-29-22-11-6-10-21(17-7-2-1-3-8-17)23(22)25(30-24)28-15-19-9-4-5-12-27-19;1-2-6(3-7,4-8)5-9;6-1-5(2-7,3-8)4-9/h2*1-14,16H,15H2,(H,28,29,30)(H3,31,32,33,34);7-9H,2-5H2,1H3;7-9H,1-4,6H2/p-2. The molecule has 0 aliphatic carbocycles. The zero-order valence-corrected chi connectivity index (χ0v) is 53.5. The molecule has 14 N–H and O–H groups in total. The maximum atomic E-state index is 12.5. The molecule has 10 rings (SSSR count). The molecule has 0 amide bonds. The van der Waals surface area contributed by atoms with Crippen LogP contribution in [0, 0.1) is 10.8 Å². The fourth-order valence-electron chi connectivity index (χ4n) is 8.57. The van der Waals surface area contributed by atoms with E-state index in [0.29, 0.717) is 42.2 Å². The molecule has 0 saturated heterocycles. The molecule has 6 heterocycles. The van der Waals surface area contributed by atoms with Crippen molar-refractivity contribution >= 4 is 69.0 Å². The molecular formula is C61H67N13O16P2S2-2. The summed E-state index contributed by atoms with van der Waals surface area (Å²) < 4.78 is 74.4. The Morgan fingerprint density at radius 1 is 0.489 bits per heavy atom. The Hall–Kier alpha value is -8.40.